The first-order chi connectivity index (χ1) is 8.08. The molecule has 0 radical (unpaired) electrons. The first kappa shape index (κ1) is 12.7. The van der Waals surface area contributed by atoms with Crippen LogP contribution in [0.3, 0.4) is 0 Å². The zero-order chi connectivity index (χ0) is 12.4. The van der Waals surface area contributed by atoms with Gasteiger partial charge in [-0.2, -0.15) is 0 Å². The van der Waals surface area contributed by atoms with E-state index in [-0.39, 0.29) is 0 Å². The molecule has 2 rings (SSSR count). The van der Waals surface area contributed by atoms with Gasteiger partial charge in [0, 0.05) is 19.6 Å². The quantitative estimate of drug-likeness (QED) is 0.889. The molecule has 2 nitrogen and oxygen atoms in total. The third-order valence-electron chi connectivity index (χ3n) is 3.44. The monoisotopic (exact) mass is 252 g/mol. The minimum Gasteiger partial charge on any atom is -0.372 e. The molecule has 1 aromatic rings. The third-order valence-corrected chi connectivity index (χ3v) is 3.72. The molecule has 1 atom stereocenters. The number of rotatable bonds is 3. The van der Waals surface area contributed by atoms with E-state index in [1.54, 1.807) is 0 Å². The average molecular weight is 253 g/mol. The zero-order valence-corrected chi connectivity index (χ0v) is 11.6. The summed E-state index contributed by atoms with van der Waals surface area (Å²) in [5.41, 5.74) is 3.66. The van der Waals surface area contributed by atoms with Crippen LogP contribution in [-0.4, -0.2) is 26.2 Å². The Balaban J connectivity index is 2.15. The summed E-state index contributed by atoms with van der Waals surface area (Å²) in [5.74, 6) is 0. The van der Waals surface area contributed by atoms with E-state index in [1.165, 1.54) is 29.7 Å². The Morgan fingerprint density at radius 2 is 2.18 bits per heavy atom. The molecule has 1 aromatic carbocycles. The predicted octanol–water partition coefficient (Wildman–Crippen LogP) is 3.15. The number of aryl methyl sites for hydroxylation is 2. The Labute approximate surface area is 109 Å². The Morgan fingerprint density at radius 1 is 1.41 bits per heavy atom. The highest BCUT2D eigenvalue weighted by molar-refractivity contribution is 6.33. The number of halogens is 1. The number of likely N-dealkylation sites (N-methyl/N-ethyl adjacent to an activating group) is 1. The fourth-order valence-electron chi connectivity index (χ4n) is 2.73. The molecule has 0 saturated carbocycles. The Morgan fingerprint density at radius 3 is 2.76 bits per heavy atom. The van der Waals surface area contributed by atoms with E-state index in [1.807, 2.05) is 6.07 Å². The number of benzene rings is 1. The molecular weight excluding hydrogens is 232 g/mol. The van der Waals surface area contributed by atoms with E-state index in [9.17, 15) is 0 Å². The summed E-state index contributed by atoms with van der Waals surface area (Å²) in [4.78, 5) is 2.28. The molecule has 0 aromatic heterocycles. The highest BCUT2D eigenvalue weighted by atomic mass is 35.5. The molecule has 0 aliphatic carbocycles. The van der Waals surface area contributed by atoms with Gasteiger partial charge in [-0.1, -0.05) is 17.7 Å². The van der Waals surface area contributed by atoms with Crippen molar-refractivity contribution in [1.82, 2.24) is 5.32 Å². The van der Waals surface area contributed by atoms with Crippen LogP contribution in [0.5, 0.6) is 0 Å². The van der Waals surface area contributed by atoms with Gasteiger partial charge in [0.2, 0.25) is 0 Å². The predicted molar refractivity (Wildman–Crippen MR) is 75.2 cm³/mol. The van der Waals surface area contributed by atoms with Crippen molar-refractivity contribution in [3.05, 3.63) is 28.3 Å². The molecule has 0 spiro atoms. The average Bonchev–Trinajstić information content (AvgIpc) is 2.68. The van der Waals surface area contributed by atoms with Gasteiger partial charge in [-0.15, -0.1) is 0 Å². The highest BCUT2D eigenvalue weighted by Gasteiger charge is 2.18. The second-order valence-electron chi connectivity index (χ2n) is 5.09. The molecule has 94 valence electrons. The van der Waals surface area contributed by atoms with Gasteiger partial charge in [0.1, 0.15) is 0 Å². The summed E-state index contributed by atoms with van der Waals surface area (Å²) in [7, 11) is 2.13. The van der Waals surface area contributed by atoms with Crippen molar-refractivity contribution in [1.29, 1.82) is 0 Å². The molecule has 17 heavy (non-hydrogen) atoms. The maximum atomic E-state index is 6.35. The molecule has 0 amide bonds. The minimum absolute atomic E-state index is 0.608. The summed E-state index contributed by atoms with van der Waals surface area (Å²) in [5, 5.41) is 4.39. The SMILES string of the molecule is Cc1cc(C)c(N(C)CC2CCCN2)c(Cl)c1. The van der Waals surface area contributed by atoms with Gasteiger partial charge in [0.25, 0.3) is 0 Å². The fraction of sp³-hybridized carbons (Fsp3) is 0.571. The molecule has 1 aliphatic rings. The maximum absolute atomic E-state index is 6.35. The van der Waals surface area contributed by atoms with Gasteiger partial charge in [0.05, 0.1) is 10.7 Å². The lowest BCUT2D eigenvalue weighted by Crippen LogP contribution is -2.35. The van der Waals surface area contributed by atoms with E-state index >= 15 is 0 Å². The van der Waals surface area contributed by atoms with Gasteiger partial charge in [-0.3, -0.25) is 0 Å². The molecule has 1 aliphatic heterocycles. The lowest BCUT2D eigenvalue weighted by molar-refractivity contribution is 0.599. The highest BCUT2D eigenvalue weighted by Crippen LogP contribution is 2.30. The van der Waals surface area contributed by atoms with E-state index in [4.69, 9.17) is 11.6 Å². The Hall–Kier alpha value is -0.730. The standard InChI is InChI=1S/C14H21ClN2/c1-10-7-11(2)14(13(15)8-10)17(3)9-12-5-4-6-16-12/h7-8,12,16H,4-6,9H2,1-3H3. The van der Waals surface area contributed by atoms with Gasteiger partial charge in [-0.25, -0.2) is 0 Å². The minimum atomic E-state index is 0.608. The largest absolute Gasteiger partial charge is 0.372 e. The summed E-state index contributed by atoms with van der Waals surface area (Å²) in [6.45, 7) is 6.40. The lowest BCUT2D eigenvalue weighted by atomic mass is 10.1. The van der Waals surface area contributed by atoms with Gasteiger partial charge < -0.3 is 10.2 Å². The van der Waals surface area contributed by atoms with Crippen LogP contribution in [0, 0.1) is 13.8 Å². The normalized spacial score (nSPS) is 19.6. The summed E-state index contributed by atoms with van der Waals surface area (Å²) in [6, 6.07) is 4.85. The van der Waals surface area contributed by atoms with Crippen molar-refractivity contribution in [2.75, 3.05) is 25.0 Å². The summed E-state index contributed by atoms with van der Waals surface area (Å²) >= 11 is 6.35. The topological polar surface area (TPSA) is 15.3 Å². The Bertz CT molecular complexity index is 374. The van der Waals surface area contributed by atoms with Crippen LogP contribution >= 0.6 is 11.6 Å². The molecular formula is C14H21ClN2. The smallest absolute Gasteiger partial charge is 0.0644 e. The van der Waals surface area contributed by atoms with Crippen LogP contribution in [0.1, 0.15) is 24.0 Å². The maximum Gasteiger partial charge on any atom is 0.0644 e. The lowest BCUT2D eigenvalue weighted by Gasteiger charge is -2.26. The number of anilines is 1. The van der Waals surface area contributed by atoms with Crippen LogP contribution in [0.25, 0.3) is 0 Å². The molecule has 1 unspecified atom stereocenters. The molecule has 0 bridgehead atoms. The number of hydrogen-bond donors (Lipinski definition) is 1. The van der Waals surface area contributed by atoms with Gasteiger partial charge in [0.15, 0.2) is 0 Å². The van der Waals surface area contributed by atoms with Crippen molar-refractivity contribution in [2.45, 2.75) is 32.7 Å². The third kappa shape index (κ3) is 2.93. The summed E-state index contributed by atoms with van der Waals surface area (Å²) in [6.07, 6.45) is 2.56. The first-order valence-electron chi connectivity index (χ1n) is 6.29. The Kier molecular flexibility index (Phi) is 3.95. The van der Waals surface area contributed by atoms with E-state index in [0.29, 0.717) is 6.04 Å². The number of hydrogen-bond acceptors (Lipinski definition) is 2. The van der Waals surface area contributed by atoms with Crippen LogP contribution in [-0.2, 0) is 0 Å². The number of nitrogens with zero attached hydrogens (tertiary/aromatic N) is 1. The summed E-state index contributed by atoms with van der Waals surface area (Å²) < 4.78 is 0. The van der Waals surface area contributed by atoms with Crippen LogP contribution in [0.15, 0.2) is 12.1 Å². The van der Waals surface area contributed by atoms with Crippen molar-refractivity contribution < 1.29 is 0 Å². The van der Waals surface area contributed by atoms with Crippen LogP contribution in [0.4, 0.5) is 5.69 Å². The molecule has 1 fully saturated rings. The van der Waals surface area contributed by atoms with E-state index < -0.39 is 0 Å². The fourth-order valence-corrected chi connectivity index (χ4v) is 3.19. The first-order valence-corrected chi connectivity index (χ1v) is 6.67. The zero-order valence-electron chi connectivity index (χ0n) is 10.9. The second kappa shape index (κ2) is 5.28. The molecule has 1 heterocycles. The van der Waals surface area contributed by atoms with Crippen LogP contribution < -0.4 is 10.2 Å². The second-order valence-corrected chi connectivity index (χ2v) is 5.49. The molecule has 1 N–H and O–H groups in total. The van der Waals surface area contributed by atoms with E-state index in [2.05, 4.69) is 37.2 Å². The van der Waals surface area contributed by atoms with Crippen molar-refractivity contribution in [2.24, 2.45) is 0 Å². The van der Waals surface area contributed by atoms with Gasteiger partial charge in [-0.05, 0) is 50.4 Å². The van der Waals surface area contributed by atoms with Crippen molar-refractivity contribution >= 4 is 17.3 Å². The van der Waals surface area contributed by atoms with Crippen molar-refractivity contribution in [3.63, 3.8) is 0 Å². The van der Waals surface area contributed by atoms with Gasteiger partial charge >= 0.3 is 0 Å². The van der Waals surface area contributed by atoms with Crippen molar-refractivity contribution in [3.8, 4) is 0 Å². The van der Waals surface area contributed by atoms with Crippen LogP contribution in [0.2, 0.25) is 5.02 Å². The molecule has 3 heteroatoms. The number of nitrogens with one attached hydrogen (secondary N) is 1. The molecule has 1 saturated heterocycles. The van der Waals surface area contributed by atoms with E-state index in [0.717, 1.165) is 18.1 Å².